The van der Waals surface area contributed by atoms with Crippen molar-refractivity contribution in [1.82, 2.24) is 8.96 Å². The van der Waals surface area contributed by atoms with Gasteiger partial charge in [0.05, 0.1) is 14.1 Å². The number of fused-ring (bicyclic) bond motifs is 1. The number of nitrogens with zero attached hydrogens (tertiary/aromatic N) is 2. The van der Waals surface area contributed by atoms with Crippen molar-refractivity contribution in [1.29, 1.82) is 0 Å². The fourth-order valence-corrected chi connectivity index (χ4v) is 4.90. The van der Waals surface area contributed by atoms with Crippen LogP contribution in [0.25, 0.3) is 10.9 Å². The highest BCUT2D eigenvalue weighted by Crippen LogP contribution is 2.27. The van der Waals surface area contributed by atoms with Gasteiger partial charge in [-0.25, -0.2) is 17.4 Å². The van der Waals surface area contributed by atoms with Crippen LogP contribution in [0.15, 0.2) is 53.6 Å². The zero-order valence-corrected chi connectivity index (χ0v) is 13.7. The van der Waals surface area contributed by atoms with Gasteiger partial charge in [0.1, 0.15) is 5.15 Å². The quantitative estimate of drug-likeness (QED) is 0.473. The van der Waals surface area contributed by atoms with E-state index in [0.717, 1.165) is 5.39 Å². The molecule has 0 atom stereocenters. The first kappa shape index (κ1) is 13.8. The first-order valence-corrected chi connectivity index (χ1v) is 8.53. The number of benzene rings is 1. The minimum atomic E-state index is -3.65. The van der Waals surface area contributed by atoms with Gasteiger partial charge in [0.2, 0.25) is 0 Å². The SMILES string of the molecule is O=S(=O)(c1ccccc1)n1c(I)cc2cnc(Cl)cc21. The lowest BCUT2D eigenvalue weighted by Crippen LogP contribution is -2.14. The Labute approximate surface area is 134 Å². The van der Waals surface area contributed by atoms with E-state index in [1.807, 2.05) is 22.6 Å². The van der Waals surface area contributed by atoms with Gasteiger partial charge in [-0.3, -0.25) is 0 Å². The molecule has 3 rings (SSSR count). The Morgan fingerprint density at radius 3 is 2.55 bits per heavy atom. The van der Waals surface area contributed by atoms with E-state index in [-0.39, 0.29) is 10.0 Å². The van der Waals surface area contributed by atoms with Crippen LogP contribution < -0.4 is 0 Å². The van der Waals surface area contributed by atoms with Crippen LogP contribution in [0.5, 0.6) is 0 Å². The Hall–Kier alpha value is -1.12. The van der Waals surface area contributed by atoms with Crippen LogP contribution in [0, 0.1) is 3.70 Å². The lowest BCUT2D eigenvalue weighted by molar-refractivity contribution is 0.588. The van der Waals surface area contributed by atoms with E-state index in [1.54, 1.807) is 48.7 Å². The fourth-order valence-electron chi connectivity index (χ4n) is 1.96. The molecule has 0 bridgehead atoms. The molecule has 0 spiro atoms. The average Bonchev–Trinajstić information content (AvgIpc) is 2.75. The Kier molecular flexibility index (Phi) is 3.47. The van der Waals surface area contributed by atoms with Crippen molar-refractivity contribution in [3.8, 4) is 0 Å². The number of rotatable bonds is 2. The molecule has 0 saturated heterocycles. The van der Waals surface area contributed by atoms with Crippen molar-refractivity contribution in [2.45, 2.75) is 4.90 Å². The minimum Gasteiger partial charge on any atom is -0.244 e. The Morgan fingerprint density at radius 2 is 1.85 bits per heavy atom. The standard InChI is InChI=1S/C13H8ClIN2O2S/c14-12-7-11-9(8-16-12)6-13(15)17(11)20(18,19)10-4-2-1-3-5-10/h1-8H. The van der Waals surface area contributed by atoms with E-state index in [0.29, 0.717) is 9.22 Å². The molecule has 3 aromatic rings. The molecule has 0 fully saturated rings. The van der Waals surface area contributed by atoms with Gasteiger partial charge in [-0.2, -0.15) is 0 Å². The predicted octanol–water partition coefficient (Wildman–Crippen LogP) is 3.53. The van der Waals surface area contributed by atoms with Gasteiger partial charge in [-0.05, 0) is 40.8 Å². The second-order valence-electron chi connectivity index (χ2n) is 4.12. The summed E-state index contributed by atoms with van der Waals surface area (Å²) in [4.78, 5) is 4.21. The van der Waals surface area contributed by atoms with E-state index in [9.17, 15) is 8.42 Å². The molecule has 2 aromatic heterocycles. The van der Waals surface area contributed by atoms with E-state index in [2.05, 4.69) is 4.98 Å². The average molecular weight is 419 g/mol. The van der Waals surface area contributed by atoms with Crippen LogP contribution in [0.2, 0.25) is 5.15 Å². The van der Waals surface area contributed by atoms with E-state index < -0.39 is 10.0 Å². The molecule has 102 valence electrons. The number of hydrogen-bond donors (Lipinski definition) is 0. The highest BCUT2D eigenvalue weighted by molar-refractivity contribution is 14.1. The van der Waals surface area contributed by atoms with Crippen LogP contribution >= 0.6 is 34.2 Å². The van der Waals surface area contributed by atoms with E-state index in [1.165, 1.54) is 3.97 Å². The van der Waals surface area contributed by atoms with E-state index in [4.69, 9.17) is 11.6 Å². The third kappa shape index (κ3) is 2.21. The largest absolute Gasteiger partial charge is 0.269 e. The van der Waals surface area contributed by atoms with Gasteiger partial charge in [0, 0.05) is 17.6 Å². The summed E-state index contributed by atoms with van der Waals surface area (Å²) in [6.07, 6.45) is 1.57. The minimum absolute atomic E-state index is 0.239. The lowest BCUT2D eigenvalue weighted by Gasteiger charge is -2.09. The molecule has 0 N–H and O–H groups in total. The van der Waals surface area contributed by atoms with Crippen molar-refractivity contribution in [3.63, 3.8) is 0 Å². The molecule has 7 heteroatoms. The molecule has 0 amide bonds. The van der Waals surface area contributed by atoms with Gasteiger partial charge >= 0.3 is 0 Å². The van der Waals surface area contributed by atoms with Crippen molar-refractivity contribution < 1.29 is 8.42 Å². The van der Waals surface area contributed by atoms with Gasteiger partial charge in [0.25, 0.3) is 10.0 Å². The summed E-state index contributed by atoms with van der Waals surface area (Å²) in [5, 5.41) is 0.995. The molecule has 20 heavy (non-hydrogen) atoms. The maximum Gasteiger partial charge on any atom is 0.269 e. The summed E-state index contributed by atoms with van der Waals surface area (Å²) in [5.41, 5.74) is 0.526. The van der Waals surface area contributed by atoms with Crippen molar-refractivity contribution >= 4 is 55.1 Å². The summed E-state index contributed by atoms with van der Waals surface area (Å²) >= 11 is 7.86. The molecule has 0 saturated carbocycles. The first-order valence-electron chi connectivity index (χ1n) is 5.63. The van der Waals surface area contributed by atoms with Crippen molar-refractivity contribution in [2.24, 2.45) is 0 Å². The number of pyridine rings is 1. The van der Waals surface area contributed by atoms with E-state index >= 15 is 0 Å². The lowest BCUT2D eigenvalue weighted by atomic mass is 10.3. The second-order valence-corrected chi connectivity index (χ2v) is 7.39. The second kappa shape index (κ2) is 5.01. The molecular formula is C13H8ClIN2O2S. The predicted molar refractivity (Wildman–Crippen MR) is 86.5 cm³/mol. The molecule has 0 radical (unpaired) electrons. The Balaban J connectivity index is 2.35. The van der Waals surface area contributed by atoms with Crippen molar-refractivity contribution in [3.05, 3.63) is 57.5 Å². The molecular weight excluding hydrogens is 411 g/mol. The maximum atomic E-state index is 12.7. The maximum absolute atomic E-state index is 12.7. The molecule has 0 aliphatic heterocycles. The number of halogens is 2. The molecule has 0 aliphatic carbocycles. The Morgan fingerprint density at radius 1 is 1.15 bits per heavy atom. The van der Waals surface area contributed by atoms with Crippen LogP contribution in [-0.4, -0.2) is 17.4 Å². The van der Waals surface area contributed by atoms with Crippen LogP contribution in [0.1, 0.15) is 0 Å². The van der Waals surface area contributed by atoms with Crippen LogP contribution in [0.3, 0.4) is 0 Å². The van der Waals surface area contributed by atoms with Gasteiger partial charge in [-0.1, -0.05) is 29.8 Å². The van der Waals surface area contributed by atoms with Gasteiger partial charge in [0.15, 0.2) is 0 Å². The van der Waals surface area contributed by atoms with Crippen molar-refractivity contribution in [2.75, 3.05) is 0 Å². The summed E-state index contributed by atoms with van der Waals surface area (Å²) in [5.74, 6) is 0. The molecule has 2 heterocycles. The smallest absolute Gasteiger partial charge is 0.244 e. The molecule has 0 aliphatic rings. The first-order chi connectivity index (χ1) is 9.50. The monoisotopic (exact) mass is 418 g/mol. The number of hydrogen-bond acceptors (Lipinski definition) is 3. The fraction of sp³-hybridized carbons (Fsp3) is 0. The topological polar surface area (TPSA) is 52.0 Å². The normalized spacial score (nSPS) is 11.9. The third-order valence-electron chi connectivity index (χ3n) is 2.85. The molecule has 1 aromatic carbocycles. The van der Waals surface area contributed by atoms with Crippen LogP contribution in [0.4, 0.5) is 0 Å². The highest BCUT2D eigenvalue weighted by Gasteiger charge is 2.22. The zero-order valence-electron chi connectivity index (χ0n) is 9.99. The molecule has 0 unspecified atom stereocenters. The zero-order chi connectivity index (χ0) is 14.3. The van der Waals surface area contributed by atoms with Gasteiger partial charge < -0.3 is 0 Å². The highest BCUT2D eigenvalue weighted by atomic mass is 127. The van der Waals surface area contributed by atoms with Gasteiger partial charge in [-0.15, -0.1) is 0 Å². The summed E-state index contributed by atoms with van der Waals surface area (Å²) in [6.45, 7) is 0. The van der Waals surface area contributed by atoms with Crippen LogP contribution in [-0.2, 0) is 10.0 Å². The summed E-state index contributed by atoms with van der Waals surface area (Å²) in [6, 6.07) is 11.6. The summed E-state index contributed by atoms with van der Waals surface area (Å²) < 4.78 is 27.3. The number of aromatic nitrogens is 2. The molecule has 4 nitrogen and oxygen atoms in total. The summed E-state index contributed by atoms with van der Waals surface area (Å²) in [7, 11) is -3.65. The third-order valence-corrected chi connectivity index (χ3v) is 5.92. The Bertz CT molecular complexity index is 891.